The summed E-state index contributed by atoms with van der Waals surface area (Å²) in [6, 6.07) is 4.35. The number of benzene rings is 1. The molecule has 128 valence electrons. The van der Waals surface area contributed by atoms with Crippen molar-refractivity contribution in [3.63, 3.8) is 0 Å². The third-order valence-corrected chi connectivity index (χ3v) is 2.77. The van der Waals surface area contributed by atoms with E-state index >= 15 is 0 Å². The number of nitrogens with one attached hydrogen (secondary N) is 1. The molecule has 0 heterocycles. The van der Waals surface area contributed by atoms with Crippen LogP contribution in [0.15, 0.2) is 18.2 Å². The number of carbonyl (C=O) groups excluding carboxylic acids is 1. The maximum Gasteiger partial charge on any atom is 0.335 e. The molecule has 0 unspecified atom stereocenters. The molecule has 1 aromatic rings. The van der Waals surface area contributed by atoms with Gasteiger partial charge in [-0.3, -0.25) is 4.79 Å². The Hall–Kier alpha value is -2.12. The SMILES string of the molecule is COCCOCCC(=O)Nc1cc(C(=O)O)ccc1OC(C)C. The Bertz CT molecular complexity index is 529. The topological polar surface area (TPSA) is 94.1 Å². The number of hydrogen-bond donors (Lipinski definition) is 2. The molecule has 0 saturated heterocycles. The van der Waals surface area contributed by atoms with E-state index in [2.05, 4.69) is 5.32 Å². The number of rotatable bonds is 10. The second-order valence-electron chi connectivity index (χ2n) is 5.09. The average Bonchev–Trinajstić information content (AvgIpc) is 2.48. The molecule has 0 fully saturated rings. The second-order valence-corrected chi connectivity index (χ2v) is 5.09. The first-order valence-corrected chi connectivity index (χ1v) is 7.34. The van der Waals surface area contributed by atoms with Crippen LogP contribution in [0.25, 0.3) is 0 Å². The number of carboxylic acids is 1. The van der Waals surface area contributed by atoms with Crippen molar-refractivity contribution in [1.29, 1.82) is 0 Å². The number of aromatic carboxylic acids is 1. The largest absolute Gasteiger partial charge is 0.489 e. The van der Waals surface area contributed by atoms with E-state index < -0.39 is 5.97 Å². The summed E-state index contributed by atoms with van der Waals surface area (Å²) in [4.78, 5) is 23.0. The van der Waals surface area contributed by atoms with Gasteiger partial charge in [0.25, 0.3) is 0 Å². The lowest BCUT2D eigenvalue weighted by molar-refractivity contribution is -0.117. The number of carboxylic acid groups (broad SMARTS) is 1. The third-order valence-electron chi connectivity index (χ3n) is 2.77. The predicted octanol–water partition coefficient (Wildman–Crippen LogP) is 2.16. The highest BCUT2D eigenvalue weighted by molar-refractivity contribution is 5.95. The van der Waals surface area contributed by atoms with Crippen LogP contribution in [0.3, 0.4) is 0 Å². The third kappa shape index (κ3) is 7.12. The zero-order chi connectivity index (χ0) is 17.2. The van der Waals surface area contributed by atoms with Crippen LogP contribution in [0, 0.1) is 0 Å². The minimum absolute atomic E-state index is 0.0766. The molecule has 0 aliphatic heterocycles. The van der Waals surface area contributed by atoms with Crippen molar-refractivity contribution in [3.8, 4) is 5.75 Å². The summed E-state index contributed by atoms with van der Waals surface area (Å²) in [6.45, 7) is 4.84. The smallest absolute Gasteiger partial charge is 0.335 e. The average molecular weight is 325 g/mol. The fourth-order valence-electron chi connectivity index (χ4n) is 1.74. The molecule has 0 aliphatic rings. The maximum absolute atomic E-state index is 11.9. The monoisotopic (exact) mass is 325 g/mol. The van der Waals surface area contributed by atoms with Crippen LogP contribution >= 0.6 is 0 Å². The minimum atomic E-state index is -1.07. The van der Waals surface area contributed by atoms with Crippen LogP contribution in [0.2, 0.25) is 0 Å². The summed E-state index contributed by atoms with van der Waals surface area (Å²) in [5.41, 5.74) is 0.410. The lowest BCUT2D eigenvalue weighted by Gasteiger charge is -2.15. The molecule has 2 N–H and O–H groups in total. The molecule has 0 bridgehead atoms. The maximum atomic E-state index is 11.9. The van der Waals surface area contributed by atoms with E-state index in [0.717, 1.165) is 0 Å². The fraction of sp³-hybridized carbons (Fsp3) is 0.500. The van der Waals surface area contributed by atoms with Crippen LogP contribution in [0.1, 0.15) is 30.6 Å². The molecule has 0 atom stereocenters. The van der Waals surface area contributed by atoms with E-state index in [0.29, 0.717) is 24.7 Å². The molecule has 7 nitrogen and oxygen atoms in total. The van der Waals surface area contributed by atoms with Gasteiger partial charge >= 0.3 is 5.97 Å². The molecule has 0 spiro atoms. The van der Waals surface area contributed by atoms with Gasteiger partial charge in [0, 0.05) is 7.11 Å². The van der Waals surface area contributed by atoms with Gasteiger partial charge in [0.05, 0.1) is 43.6 Å². The molecule has 0 saturated carbocycles. The number of amides is 1. The number of methoxy groups -OCH3 is 1. The molecule has 0 radical (unpaired) electrons. The van der Waals surface area contributed by atoms with Gasteiger partial charge in [-0.2, -0.15) is 0 Å². The lowest BCUT2D eigenvalue weighted by Crippen LogP contribution is -2.17. The van der Waals surface area contributed by atoms with Crippen molar-refractivity contribution in [2.75, 3.05) is 32.2 Å². The first-order chi connectivity index (χ1) is 10.9. The van der Waals surface area contributed by atoms with Crippen molar-refractivity contribution in [1.82, 2.24) is 0 Å². The van der Waals surface area contributed by atoms with Crippen molar-refractivity contribution in [2.24, 2.45) is 0 Å². The van der Waals surface area contributed by atoms with Gasteiger partial charge in [-0.15, -0.1) is 0 Å². The van der Waals surface area contributed by atoms with Crippen molar-refractivity contribution in [2.45, 2.75) is 26.4 Å². The molecule has 23 heavy (non-hydrogen) atoms. The van der Waals surface area contributed by atoms with Gasteiger partial charge in [-0.1, -0.05) is 0 Å². The van der Waals surface area contributed by atoms with Crippen LogP contribution in [0.5, 0.6) is 5.75 Å². The van der Waals surface area contributed by atoms with E-state index in [9.17, 15) is 9.59 Å². The molecule has 1 amide bonds. The molecule has 7 heteroatoms. The molecular formula is C16H23NO6. The van der Waals surface area contributed by atoms with Gasteiger partial charge in [0.1, 0.15) is 5.75 Å². The van der Waals surface area contributed by atoms with Gasteiger partial charge in [-0.25, -0.2) is 4.79 Å². The quantitative estimate of drug-likeness (QED) is 0.640. The van der Waals surface area contributed by atoms with E-state index in [1.54, 1.807) is 7.11 Å². The fourth-order valence-corrected chi connectivity index (χ4v) is 1.74. The standard InChI is InChI=1S/C16H23NO6/c1-11(2)23-14-5-4-12(16(19)20)10-13(14)17-15(18)6-7-22-9-8-21-3/h4-5,10-11H,6-9H2,1-3H3,(H,17,18)(H,19,20). The molecule has 1 aromatic carbocycles. The highest BCUT2D eigenvalue weighted by Gasteiger charge is 2.13. The predicted molar refractivity (Wildman–Crippen MR) is 85.1 cm³/mol. The first-order valence-electron chi connectivity index (χ1n) is 7.34. The Balaban J connectivity index is 2.69. The number of anilines is 1. The van der Waals surface area contributed by atoms with E-state index in [-0.39, 0.29) is 30.6 Å². The minimum Gasteiger partial charge on any atom is -0.489 e. The van der Waals surface area contributed by atoms with Crippen molar-refractivity contribution < 1.29 is 28.9 Å². The normalized spacial score (nSPS) is 10.6. The Labute approximate surface area is 135 Å². The van der Waals surface area contributed by atoms with E-state index in [4.69, 9.17) is 19.3 Å². The Kier molecular flexibility index (Phi) is 8.07. The first kappa shape index (κ1) is 18.9. The summed E-state index contributed by atoms with van der Waals surface area (Å²) in [7, 11) is 1.57. The van der Waals surface area contributed by atoms with Gasteiger partial charge in [0.2, 0.25) is 5.91 Å². The summed E-state index contributed by atoms with van der Waals surface area (Å²) in [5, 5.41) is 11.7. The number of hydrogen-bond acceptors (Lipinski definition) is 5. The molecule has 0 aromatic heterocycles. The van der Waals surface area contributed by atoms with E-state index in [1.165, 1.54) is 18.2 Å². The number of carbonyl (C=O) groups is 2. The Morgan fingerprint density at radius 2 is 1.96 bits per heavy atom. The van der Waals surface area contributed by atoms with Gasteiger partial charge < -0.3 is 24.6 Å². The highest BCUT2D eigenvalue weighted by Crippen LogP contribution is 2.27. The summed E-state index contributed by atoms with van der Waals surface area (Å²) >= 11 is 0. The zero-order valence-electron chi connectivity index (χ0n) is 13.6. The lowest BCUT2D eigenvalue weighted by atomic mass is 10.2. The second kappa shape index (κ2) is 9.81. The van der Waals surface area contributed by atoms with Crippen LogP contribution in [-0.4, -0.2) is 50.0 Å². The van der Waals surface area contributed by atoms with Crippen LogP contribution in [-0.2, 0) is 14.3 Å². The Morgan fingerprint density at radius 1 is 1.22 bits per heavy atom. The highest BCUT2D eigenvalue weighted by atomic mass is 16.5. The van der Waals surface area contributed by atoms with Gasteiger partial charge in [-0.05, 0) is 32.0 Å². The van der Waals surface area contributed by atoms with E-state index in [1.807, 2.05) is 13.8 Å². The van der Waals surface area contributed by atoms with Gasteiger partial charge in [0.15, 0.2) is 0 Å². The van der Waals surface area contributed by atoms with Crippen molar-refractivity contribution in [3.05, 3.63) is 23.8 Å². The number of ether oxygens (including phenoxy) is 3. The summed E-state index contributed by atoms with van der Waals surface area (Å²) in [6.07, 6.45) is 0.0565. The summed E-state index contributed by atoms with van der Waals surface area (Å²) < 4.78 is 15.6. The molecular weight excluding hydrogens is 302 g/mol. The summed E-state index contributed by atoms with van der Waals surface area (Å²) in [5.74, 6) is -0.920. The molecule has 1 rings (SSSR count). The van der Waals surface area contributed by atoms with Crippen molar-refractivity contribution >= 4 is 17.6 Å². The zero-order valence-corrected chi connectivity index (χ0v) is 13.6. The van der Waals surface area contributed by atoms with Crippen LogP contribution in [0.4, 0.5) is 5.69 Å². The Morgan fingerprint density at radius 3 is 2.57 bits per heavy atom. The molecule has 0 aliphatic carbocycles. The van der Waals surface area contributed by atoms with Crippen LogP contribution < -0.4 is 10.1 Å².